The maximum absolute atomic E-state index is 14.0. The molecule has 9 heteroatoms. The molecule has 0 spiro atoms. The van der Waals surface area contributed by atoms with Crippen molar-refractivity contribution in [2.24, 2.45) is 5.73 Å². The highest BCUT2D eigenvalue weighted by Gasteiger charge is 2.19. The van der Waals surface area contributed by atoms with Crippen LogP contribution in [-0.4, -0.2) is 44.2 Å². The lowest BCUT2D eigenvalue weighted by atomic mass is 9.97. The molecule has 182 valence electrons. The highest BCUT2D eigenvalue weighted by molar-refractivity contribution is 6.31. The van der Waals surface area contributed by atoms with E-state index in [1.165, 1.54) is 17.0 Å². The summed E-state index contributed by atoms with van der Waals surface area (Å²) < 4.78 is 15.2. The molecule has 0 aliphatic carbocycles. The number of benzene rings is 2. The summed E-state index contributed by atoms with van der Waals surface area (Å²) in [5.74, 6) is -0.955. The first-order valence-corrected chi connectivity index (χ1v) is 11.6. The van der Waals surface area contributed by atoms with E-state index >= 15 is 0 Å². The average molecular weight is 496 g/mol. The minimum Gasteiger partial charge on any atom is -0.508 e. The van der Waals surface area contributed by atoms with Crippen molar-refractivity contribution in [2.75, 3.05) is 13.6 Å². The molecule has 4 rings (SSSR count). The van der Waals surface area contributed by atoms with Crippen molar-refractivity contribution < 1.29 is 9.50 Å². The summed E-state index contributed by atoms with van der Waals surface area (Å²) in [7, 11) is 1.94. The molecule has 0 fully saturated rings. The number of phenols is 1. The number of nitrogens with two attached hydrogens (primary N) is 1. The fourth-order valence-electron chi connectivity index (χ4n) is 4.20. The Morgan fingerprint density at radius 2 is 1.97 bits per heavy atom. The third-order valence-electron chi connectivity index (χ3n) is 5.89. The number of aryl methyl sites for hydroxylation is 1. The number of fused-ring (bicyclic) bond motifs is 1. The number of likely N-dealkylation sites (N-methyl/N-ethyl adjacent to an activating group) is 1. The Bertz CT molecular complexity index is 1410. The van der Waals surface area contributed by atoms with E-state index in [1.54, 1.807) is 6.20 Å². The van der Waals surface area contributed by atoms with E-state index in [0.717, 1.165) is 40.8 Å². The average Bonchev–Trinajstić information content (AvgIpc) is 2.77. The SMILES string of the molecule is CC[C@H](N)CN(C)Cc1c(-c2cc(C)cc(Cl)c2)cnc2ncn(-c3cc(O)cc(F)c3)c(=O)c12. The van der Waals surface area contributed by atoms with Gasteiger partial charge in [-0.15, -0.1) is 0 Å². The van der Waals surface area contributed by atoms with Gasteiger partial charge >= 0.3 is 0 Å². The maximum Gasteiger partial charge on any atom is 0.267 e. The monoisotopic (exact) mass is 495 g/mol. The molecule has 35 heavy (non-hydrogen) atoms. The fraction of sp³-hybridized carbons (Fsp3) is 0.269. The van der Waals surface area contributed by atoms with E-state index in [-0.39, 0.29) is 23.1 Å². The number of aromatic hydroxyl groups is 1. The van der Waals surface area contributed by atoms with Crippen molar-refractivity contribution >= 4 is 22.6 Å². The quantitative estimate of drug-likeness (QED) is 0.394. The summed E-state index contributed by atoms with van der Waals surface area (Å²) >= 11 is 6.35. The van der Waals surface area contributed by atoms with Crippen LogP contribution in [0.3, 0.4) is 0 Å². The van der Waals surface area contributed by atoms with Gasteiger partial charge in [-0.05, 0) is 55.3 Å². The largest absolute Gasteiger partial charge is 0.508 e. The topological polar surface area (TPSA) is 97.3 Å². The lowest BCUT2D eigenvalue weighted by Gasteiger charge is -2.23. The van der Waals surface area contributed by atoms with Gasteiger partial charge in [-0.25, -0.2) is 14.4 Å². The molecule has 7 nitrogen and oxygen atoms in total. The van der Waals surface area contributed by atoms with Gasteiger partial charge in [0.2, 0.25) is 0 Å². The molecule has 1 atom stereocenters. The summed E-state index contributed by atoms with van der Waals surface area (Å²) in [4.78, 5) is 24.6. The molecule has 0 radical (unpaired) electrons. The summed E-state index contributed by atoms with van der Waals surface area (Å²) in [6, 6.07) is 9.10. The van der Waals surface area contributed by atoms with Crippen LogP contribution in [0.25, 0.3) is 27.8 Å². The zero-order valence-electron chi connectivity index (χ0n) is 19.8. The molecule has 0 aliphatic rings. The molecule has 0 amide bonds. The molecule has 0 unspecified atom stereocenters. The summed E-state index contributed by atoms with van der Waals surface area (Å²) in [6.45, 7) is 5.00. The lowest BCUT2D eigenvalue weighted by Crippen LogP contribution is -2.34. The van der Waals surface area contributed by atoms with E-state index in [1.807, 2.05) is 39.1 Å². The van der Waals surface area contributed by atoms with Gasteiger partial charge in [-0.1, -0.05) is 24.6 Å². The van der Waals surface area contributed by atoms with Crippen molar-refractivity contribution in [2.45, 2.75) is 32.9 Å². The zero-order chi connectivity index (χ0) is 25.3. The van der Waals surface area contributed by atoms with Crippen molar-refractivity contribution in [1.82, 2.24) is 19.4 Å². The van der Waals surface area contributed by atoms with Gasteiger partial charge in [0.15, 0.2) is 5.65 Å². The van der Waals surface area contributed by atoms with Gasteiger partial charge in [0.05, 0.1) is 11.1 Å². The maximum atomic E-state index is 14.0. The van der Waals surface area contributed by atoms with Crippen molar-refractivity contribution in [3.05, 3.63) is 81.2 Å². The molecule has 0 bridgehead atoms. The van der Waals surface area contributed by atoms with Crippen LogP contribution in [0.15, 0.2) is 53.7 Å². The van der Waals surface area contributed by atoms with Crippen LogP contribution >= 0.6 is 11.6 Å². The second-order valence-corrected chi connectivity index (χ2v) is 9.26. The van der Waals surface area contributed by atoms with Crippen LogP contribution in [0.1, 0.15) is 24.5 Å². The predicted octanol–water partition coefficient (Wildman–Crippen LogP) is 4.42. The van der Waals surface area contributed by atoms with Gasteiger partial charge in [-0.2, -0.15) is 0 Å². The van der Waals surface area contributed by atoms with Crippen LogP contribution in [-0.2, 0) is 6.54 Å². The number of rotatable bonds is 7. The van der Waals surface area contributed by atoms with E-state index in [2.05, 4.69) is 14.9 Å². The molecule has 0 saturated carbocycles. The Balaban J connectivity index is 1.98. The van der Waals surface area contributed by atoms with E-state index < -0.39 is 11.4 Å². The number of hydrogen-bond donors (Lipinski definition) is 2. The number of halogens is 2. The smallest absolute Gasteiger partial charge is 0.267 e. The minimum absolute atomic E-state index is 0.0185. The number of hydrogen-bond acceptors (Lipinski definition) is 6. The van der Waals surface area contributed by atoms with Gasteiger partial charge in [0, 0.05) is 48.0 Å². The molecular formula is C26H27ClFN5O2. The van der Waals surface area contributed by atoms with E-state index in [0.29, 0.717) is 23.5 Å². The van der Waals surface area contributed by atoms with Gasteiger partial charge in [0.25, 0.3) is 5.56 Å². The Kier molecular flexibility index (Phi) is 7.16. The van der Waals surface area contributed by atoms with Crippen LogP contribution in [0.4, 0.5) is 4.39 Å². The van der Waals surface area contributed by atoms with Gasteiger partial charge < -0.3 is 15.7 Å². The lowest BCUT2D eigenvalue weighted by molar-refractivity contribution is 0.301. The number of phenolic OH excluding ortho intramolecular Hbond substituents is 1. The first kappa shape index (κ1) is 24.8. The second kappa shape index (κ2) is 10.1. The molecule has 2 heterocycles. The first-order chi connectivity index (χ1) is 16.7. The highest BCUT2D eigenvalue weighted by atomic mass is 35.5. The van der Waals surface area contributed by atoms with Crippen LogP contribution in [0.5, 0.6) is 5.75 Å². The second-order valence-electron chi connectivity index (χ2n) is 8.82. The van der Waals surface area contributed by atoms with E-state index in [9.17, 15) is 14.3 Å². The first-order valence-electron chi connectivity index (χ1n) is 11.3. The molecule has 4 aromatic rings. The number of nitrogens with zero attached hydrogens (tertiary/aromatic N) is 4. The molecule has 0 aliphatic heterocycles. The van der Waals surface area contributed by atoms with Gasteiger partial charge in [0.1, 0.15) is 17.9 Å². The normalized spacial score (nSPS) is 12.4. The molecule has 3 N–H and O–H groups in total. The predicted molar refractivity (Wildman–Crippen MR) is 137 cm³/mol. The third-order valence-corrected chi connectivity index (χ3v) is 6.11. The van der Waals surface area contributed by atoms with Crippen LogP contribution < -0.4 is 11.3 Å². The number of pyridine rings is 1. The molecule has 0 saturated heterocycles. The third kappa shape index (κ3) is 5.35. The van der Waals surface area contributed by atoms with Crippen molar-refractivity contribution in [1.29, 1.82) is 0 Å². The van der Waals surface area contributed by atoms with Crippen LogP contribution in [0.2, 0.25) is 5.02 Å². The Morgan fingerprint density at radius 3 is 2.66 bits per heavy atom. The highest BCUT2D eigenvalue weighted by Crippen LogP contribution is 2.31. The zero-order valence-corrected chi connectivity index (χ0v) is 20.6. The Labute approximate surface area is 207 Å². The number of aromatic nitrogens is 3. The fourth-order valence-corrected chi connectivity index (χ4v) is 4.49. The van der Waals surface area contributed by atoms with Crippen LogP contribution in [0, 0.1) is 12.7 Å². The molecule has 2 aromatic carbocycles. The minimum atomic E-state index is -0.665. The Morgan fingerprint density at radius 1 is 1.20 bits per heavy atom. The summed E-state index contributed by atoms with van der Waals surface area (Å²) in [6.07, 6.45) is 3.80. The van der Waals surface area contributed by atoms with Crippen molar-refractivity contribution in [3.63, 3.8) is 0 Å². The summed E-state index contributed by atoms with van der Waals surface area (Å²) in [5.41, 5.74) is 9.46. The standard InChI is InChI=1S/C26H27ClFN5O2/c1-4-19(29)12-32(3)13-23-22(16-5-15(2)6-17(27)7-16)11-30-25-24(23)26(35)33(14-31-25)20-8-18(28)9-21(34)10-20/h5-11,14,19,34H,4,12-13,29H2,1-3H3/t19-/m0/s1. The summed E-state index contributed by atoms with van der Waals surface area (Å²) in [5, 5.41) is 10.7. The molecule has 2 aromatic heterocycles. The Hall–Kier alpha value is -3.33. The van der Waals surface area contributed by atoms with E-state index in [4.69, 9.17) is 17.3 Å². The van der Waals surface area contributed by atoms with Gasteiger partial charge in [-0.3, -0.25) is 9.36 Å². The molecular weight excluding hydrogens is 469 g/mol. The van der Waals surface area contributed by atoms with Crippen molar-refractivity contribution in [3.8, 4) is 22.6 Å².